The molecule has 20 heavy (non-hydrogen) atoms. The SMILES string of the molecule is Cc1ccc(C)c(C(C)Nc2ncnc3ccsc23)c1. The zero-order chi connectivity index (χ0) is 14.1. The number of hydrogen-bond donors (Lipinski definition) is 1. The summed E-state index contributed by atoms with van der Waals surface area (Å²) in [5.74, 6) is 0.915. The molecule has 1 unspecified atom stereocenters. The highest BCUT2D eigenvalue weighted by Crippen LogP contribution is 2.29. The molecule has 0 bridgehead atoms. The van der Waals surface area contributed by atoms with E-state index in [-0.39, 0.29) is 6.04 Å². The van der Waals surface area contributed by atoms with Crippen LogP contribution >= 0.6 is 11.3 Å². The summed E-state index contributed by atoms with van der Waals surface area (Å²) in [6, 6.07) is 8.79. The number of nitrogens with zero attached hydrogens (tertiary/aromatic N) is 2. The second-order valence-corrected chi connectivity index (χ2v) is 6.00. The van der Waals surface area contributed by atoms with Crippen LogP contribution in [0.5, 0.6) is 0 Å². The van der Waals surface area contributed by atoms with Crippen molar-refractivity contribution in [2.45, 2.75) is 26.8 Å². The minimum atomic E-state index is 0.218. The van der Waals surface area contributed by atoms with Crippen LogP contribution in [0.15, 0.2) is 36.0 Å². The fraction of sp³-hybridized carbons (Fsp3) is 0.250. The van der Waals surface area contributed by atoms with Crippen molar-refractivity contribution in [1.82, 2.24) is 9.97 Å². The van der Waals surface area contributed by atoms with Crippen LogP contribution in [-0.2, 0) is 0 Å². The average Bonchev–Trinajstić information content (AvgIpc) is 2.91. The zero-order valence-electron chi connectivity index (χ0n) is 11.8. The summed E-state index contributed by atoms with van der Waals surface area (Å²) < 4.78 is 1.12. The van der Waals surface area contributed by atoms with Gasteiger partial charge in [0.15, 0.2) is 0 Å². The van der Waals surface area contributed by atoms with Gasteiger partial charge in [-0.1, -0.05) is 23.8 Å². The highest BCUT2D eigenvalue weighted by atomic mass is 32.1. The Hall–Kier alpha value is -1.94. The van der Waals surface area contributed by atoms with Crippen LogP contribution in [0, 0.1) is 13.8 Å². The van der Waals surface area contributed by atoms with E-state index >= 15 is 0 Å². The van der Waals surface area contributed by atoms with E-state index in [0.717, 1.165) is 16.0 Å². The first kappa shape index (κ1) is 13.1. The minimum absolute atomic E-state index is 0.218. The summed E-state index contributed by atoms with van der Waals surface area (Å²) in [4.78, 5) is 8.66. The maximum atomic E-state index is 4.38. The summed E-state index contributed by atoms with van der Waals surface area (Å²) in [7, 11) is 0. The molecular formula is C16H17N3S. The molecule has 4 heteroatoms. The molecule has 0 spiro atoms. The van der Waals surface area contributed by atoms with Crippen LogP contribution in [0.1, 0.15) is 29.7 Å². The van der Waals surface area contributed by atoms with E-state index in [4.69, 9.17) is 0 Å². The molecule has 2 aromatic heterocycles. The molecule has 0 aliphatic rings. The Labute approximate surface area is 122 Å². The Bertz CT molecular complexity index is 748. The second kappa shape index (κ2) is 5.21. The van der Waals surface area contributed by atoms with Crippen LogP contribution in [0.3, 0.4) is 0 Å². The average molecular weight is 283 g/mol. The molecule has 3 nitrogen and oxygen atoms in total. The Morgan fingerprint density at radius 2 is 2.00 bits per heavy atom. The van der Waals surface area contributed by atoms with E-state index in [2.05, 4.69) is 54.3 Å². The molecule has 1 aromatic carbocycles. The molecule has 0 aliphatic heterocycles. The molecule has 1 N–H and O–H groups in total. The lowest BCUT2D eigenvalue weighted by Crippen LogP contribution is -2.09. The quantitative estimate of drug-likeness (QED) is 0.770. The lowest BCUT2D eigenvalue weighted by atomic mass is 10.00. The van der Waals surface area contributed by atoms with Gasteiger partial charge < -0.3 is 5.32 Å². The van der Waals surface area contributed by atoms with Crippen molar-refractivity contribution in [3.05, 3.63) is 52.7 Å². The van der Waals surface area contributed by atoms with Gasteiger partial charge in [0.2, 0.25) is 0 Å². The van der Waals surface area contributed by atoms with E-state index in [1.165, 1.54) is 16.7 Å². The first-order valence-electron chi connectivity index (χ1n) is 6.67. The van der Waals surface area contributed by atoms with Crippen molar-refractivity contribution < 1.29 is 0 Å². The minimum Gasteiger partial charge on any atom is -0.362 e. The molecule has 1 atom stereocenters. The normalized spacial score (nSPS) is 12.6. The largest absolute Gasteiger partial charge is 0.362 e. The highest BCUT2D eigenvalue weighted by molar-refractivity contribution is 7.17. The van der Waals surface area contributed by atoms with Crippen molar-refractivity contribution in [3.8, 4) is 0 Å². The summed E-state index contributed by atoms with van der Waals surface area (Å²) in [5, 5.41) is 5.56. The van der Waals surface area contributed by atoms with Crippen LogP contribution in [0.4, 0.5) is 5.82 Å². The van der Waals surface area contributed by atoms with E-state index in [1.807, 2.05) is 11.4 Å². The van der Waals surface area contributed by atoms with Crippen molar-refractivity contribution in [3.63, 3.8) is 0 Å². The summed E-state index contributed by atoms with van der Waals surface area (Å²) in [6.07, 6.45) is 1.62. The third-order valence-corrected chi connectivity index (χ3v) is 4.41. The lowest BCUT2D eigenvalue weighted by Gasteiger charge is -2.18. The topological polar surface area (TPSA) is 37.8 Å². The van der Waals surface area contributed by atoms with Crippen LogP contribution in [0.2, 0.25) is 0 Å². The number of aromatic nitrogens is 2. The van der Waals surface area contributed by atoms with Crippen molar-refractivity contribution >= 4 is 27.4 Å². The first-order valence-corrected chi connectivity index (χ1v) is 7.55. The molecule has 0 amide bonds. The number of benzene rings is 1. The summed E-state index contributed by atoms with van der Waals surface area (Å²) in [6.45, 7) is 6.44. The summed E-state index contributed by atoms with van der Waals surface area (Å²) >= 11 is 1.67. The molecule has 102 valence electrons. The number of anilines is 1. The number of fused-ring (bicyclic) bond motifs is 1. The van der Waals surface area contributed by atoms with Crippen LogP contribution in [0.25, 0.3) is 10.2 Å². The van der Waals surface area contributed by atoms with Gasteiger partial charge in [0.25, 0.3) is 0 Å². The zero-order valence-corrected chi connectivity index (χ0v) is 12.7. The van der Waals surface area contributed by atoms with Crippen LogP contribution in [-0.4, -0.2) is 9.97 Å². The van der Waals surface area contributed by atoms with Crippen LogP contribution < -0.4 is 5.32 Å². The van der Waals surface area contributed by atoms with E-state index in [1.54, 1.807) is 17.7 Å². The predicted molar refractivity (Wildman–Crippen MR) is 85.4 cm³/mol. The van der Waals surface area contributed by atoms with Gasteiger partial charge in [0, 0.05) is 0 Å². The molecule has 3 aromatic rings. The molecule has 0 aliphatic carbocycles. The maximum Gasteiger partial charge on any atom is 0.147 e. The van der Waals surface area contributed by atoms with Gasteiger partial charge in [-0.2, -0.15) is 0 Å². The van der Waals surface area contributed by atoms with Gasteiger partial charge in [-0.15, -0.1) is 11.3 Å². The van der Waals surface area contributed by atoms with Gasteiger partial charge >= 0.3 is 0 Å². The number of rotatable bonds is 3. The number of hydrogen-bond acceptors (Lipinski definition) is 4. The van der Waals surface area contributed by atoms with Crippen molar-refractivity contribution in [2.75, 3.05) is 5.32 Å². The van der Waals surface area contributed by atoms with Gasteiger partial charge in [-0.05, 0) is 43.3 Å². The van der Waals surface area contributed by atoms with Gasteiger partial charge in [-0.3, -0.25) is 0 Å². The Morgan fingerprint density at radius 1 is 1.15 bits per heavy atom. The summed E-state index contributed by atoms with van der Waals surface area (Å²) in [5.41, 5.74) is 4.89. The molecule has 2 heterocycles. The molecule has 3 rings (SSSR count). The third-order valence-electron chi connectivity index (χ3n) is 3.50. The molecule has 0 saturated heterocycles. The van der Waals surface area contributed by atoms with Gasteiger partial charge in [-0.25, -0.2) is 9.97 Å². The smallest absolute Gasteiger partial charge is 0.147 e. The van der Waals surface area contributed by atoms with Crippen molar-refractivity contribution in [1.29, 1.82) is 0 Å². The first-order chi connectivity index (χ1) is 9.65. The Morgan fingerprint density at radius 3 is 2.85 bits per heavy atom. The molecule has 0 radical (unpaired) electrons. The third kappa shape index (κ3) is 2.39. The Balaban J connectivity index is 1.94. The molecule has 0 fully saturated rings. The lowest BCUT2D eigenvalue weighted by molar-refractivity contribution is 0.864. The van der Waals surface area contributed by atoms with E-state index < -0.39 is 0 Å². The number of nitrogens with one attached hydrogen (secondary N) is 1. The number of thiophene rings is 1. The number of aryl methyl sites for hydroxylation is 2. The monoisotopic (exact) mass is 283 g/mol. The Kier molecular flexibility index (Phi) is 3.40. The fourth-order valence-electron chi connectivity index (χ4n) is 2.40. The van der Waals surface area contributed by atoms with Gasteiger partial charge in [0.1, 0.15) is 12.1 Å². The standard InChI is InChI=1S/C16H17N3S/c1-10-4-5-11(2)13(8-10)12(3)19-16-15-14(6-7-20-15)17-9-18-16/h4-9,12H,1-3H3,(H,17,18,19). The highest BCUT2D eigenvalue weighted by Gasteiger charge is 2.12. The predicted octanol–water partition coefficient (Wildman–Crippen LogP) is 4.48. The van der Waals surface area contributed by atoms with Crippen molar-refractivity contribution in [2.24, 2.45) is 0 Å². The fourth-order valence-corrected chi connectivity index (χ4v) is 3.20. The molecular weight excluding hydrogens is 266 g/mol. The maximum absolute atomic E-state index is 4.38. The van der Waals surface area contributed by atoms with Gasteiger partial charge in [0.05, 0.1) is 16.3 Å². The molecule has 0 saturated carbocycles. The second-order valence-electron chi connectivity index (χ2n) is 5.08. The van der Waals surface area contributed by atoms with E-state index in [0.29, 0.717) is 0 Å². The van der Waals surface area contributed by atoms with E-state index in [9.17, 15) is 0 Å².